The molecule has 7 heteroatoms. The Hall–Kier alpha value is -2.54. The number of ether oxygens (including phenoxy) is 1. The zero-order valence-electron chi connectivity index (χ0n) is 15.7. The van der Waals surface area contributed by atoms with Crippen molar-refractivity contribution in [2.45, 2.75) is 32.8 Å². The summed E-state index contributed by atoms with van der Waals surface area (Å²) in [6.45, 7) is 5.63. The molecule has 1 atom stereocenters. The fraction of sp³-hybridized carbons (Fsp3) is 0.350. The van der Waals surface area contributed by atoms with Crippen molar-refractivity contribution in [2.24, 2.45) is 0 Å². The second-order valence-corrected chi connectivity index (χ2v) is 8.92. The van der Waals surface area contributed by atoms with E-state index in [1.807, 2.05) is 38.1 Å². The summed E-state index contributed by atoms with van der Waals surface area (Å²) in [5.41, 5.74) is 2.19. The molecule has 0 spiro atoms. The predicted molar refractivity (Wildman–Crippen MR) is 107 cm³/mol. The molecule has 2 aromatic carbocycles. The summed E-state index contributed by atoms with van der Waals surface area (Å²) < 4.78 is 32.1. The molecular formula is C20H24N2O4S. The van der Waals surface area contributed by atoms with E-state index in [1.165, 1.54) is 4.31 Å². The summed E-state index contributed by atoms with van der Waals surface area (Å²) in [5, 5.41) is 2.90. The van der Waals surface area contributed by atoms with Crippen LogP contribution in [0.2, 0.25) is 0 Å². The van der Waals surface area contributed by atoms with E-state index in [-0.39, 0.29) is 24.1 Å². The van der Waals surface area contributed by atoms with Crippen LogP contribution in [0.4, 0.5) is 11.4 Å². The number of anilines is 2. The topological polar surface area (TPSA) is 75.7 Å². The van der Waals surface area contributed by atoms with Crippen molar-refractivity contribution in [1.82, 2.24) is 0 Å². The number of benzene rings is 2. The number of hydrogen-bond donors (Lipinski definition) is 1. The molecule has 0 aliphatic carbocycles. The highest BCUT2D eigenvalue weighted by atomic mass is 32.2. The molecule has 1 aliphatic rings. The first kappa shape index (κ1) is 19.2. The second kappa shape index (κ2) is 7.60. The number of para-hydroxylation sites is 3. The molecule has 2 aromatic rings. The Morgan fingerprint density at radius 1 is 1.19 bits per heavy atom. The highest BCUT2D eigenvalue weighted by Crippen LogP contribution is 2.35. The zero-order chi connectivity index (χ0) is 19.6. The SMILES string of the molecule is CCS(=O)(=O)N1C[C@@H](C(=O)Nc2ccccc2C(C)C)Oc2ccccc21. The fourth-order valence-electron chi connectivity index (χ4n) is 3.09. The van der Waals surface area contributed by atoms with Gasteiger partial charge in [0.05, 0.1) is 18.0 Å². The van der Waals surface area contributed by atoms with Gasteiger partial charge in [-0.3, -0.25) is 9.10 Å². The average molecular weight is 388 g/mol. The van der Waals surface area contributed by atoms with E-state index in [4.69, 9.17) is 4.74 Å². The maximum Gasteiger partial charge on any atom is 0.267 e. The number of rotatable bonds is 5. The normalized spacial score (nSPS) is 16.6. The minimum atomic E-state index is -3.52. The minimum Gasteiger partial charge on any atom is -0.476 e. The third-order valence-corrected chi connectivity index (χ3v) is 6.32. The predicted octanol–water partition coefficient (Wildman–Crippen LogP) is 3.37. The summed E-state index contributed by atoms with van der Waals surface area (Å²) in [6.07, 6.45) is -0.929. The van der Waals surface area contributed by atoms with Gasteiger partial charge >= 0.3 is 0 Å². The lowest BCUT2D eigenvalue weighted by Gasteiger charge is -2.34. The maximum absolute atomic E-state index is 12.9. The van der Waals surface area contributed by atoms with Gasteiger partial charge in [-0.05, 0) is 36.6 Å². The molecule has 0 saturated carbocycles. The highest BCUT2D eigenvalue weighted by molar-refractivity contribution is 7.92. The van der Waals surface area contributed by atoms with Gasteiger partial charge in [-0.2, -0.15) is 0 Å². The van der Waals surface area contributed by atoms with Gasteiger partial charge in [-0.1, -0.05) is 44.2 Å². The number of nitrogens with one attached hydrogen (secondary N) is 1. The van der Waals surface area contributed by atoms with E-state index in [2.05, 4.69) is 5.32 Å². The monoisotopic (exact) mass is 388 g/mol. The number of fused-ring (bicyclic) bond motifs is 1. The summed E-state index contributed by atoms with van der Waals surface area (Å²) in [4.78, 5) is 12.9. The first-order chi connectivity index (χ1) is 12.8. The Bertz CT molecular complexity index is 941. The van der Waals surface area contributed by atoms with E-state index in [0.717, 1.165) is 5.56 Å². The third kappa shape index (κ3) is 3.93. The van der Waals surface area contributed by atoms with Crippen molar-refractivity contribution in [3.8, 4) is 5.75 Å². The summed E-state index contributed by atoms with van der Waals surface area (Å²) in [6, 6.07) is 14.4. The summed E-state index contributed by atoms with van der Waals surface area (Å²) in [5.74, 6) is 0.213. The van der Waals surface area contributed by atoms with Crippen molar-refractivity contribution in [1.29, 1.82) is 0 Å². The van der Waals surface area contributed by atoms with E-state index < -0.39 is 16.1 Å². The largest absolute Gasteiger partial charge is 0.476 e. The lowest BCUT2D eigenvalue weighted by Crippen LogP contribution is -2.49. The molecule has 6 nitrogen and oxygen atoms in total. The van der Waals surface area contributed by atoms with Crippen LogP contribution in [0, 0.1) is 0 Å². The average Bonchev–Trinajstić information content (AvgIpc) is 2.67. The standard InChI is InChI=1S/C20H24N2O4S/c1-4-27(24,25)22-13-19(26-18-12-8-7-11-17(18)22)20(23)21-16-10-6-5-9-15(16)14(2)3/h5-12,14,19H,4,13H2,1-3H3,(H,21,23)/t19-/m0/s1. The molecule has 1 heterocycles. The van der Waals surface area contributed by atoms with E-state index >= 15 is 0 Å². The molecule has 1 amide bonds. The Labute approximate surface area is 160 Å². The van der Waals surface area contributed by atoms with Gasteiger partial charge in [0, 0.05) is 5.69 Å². The molecule has 0 aromatic heterocycles. The summed E-state index contributed by atoms with van der Waals surface area (Å²) >= 11 is 0. The molecule has 0 saturated heterocycles. The fourth-order valence-corrected chi connectivity index (χ4v) is 4.21. The maximum atomic E-state index is 12.9. The molecular weight excluding hydrogens is 364 g/mol. The first-order valence-corrected chi connectivity index (χ1v) is 10.6. The number of hydrogen-bond acceptors (Lipinski definition) is 4. The minimum absolute atomic E-state index is 0.0497. The van der Waals surface area contributed by atoms with Crippen molar-refractivity contribution < 1.29 is 17.9 Å². The van der Waals surface area contributed by atoms with Gasteiger partial charge in [0.15, 0.2) is 6.10 Å². The molecule has 0 bridgehead atoms. The molecule has 3 rings (SSSR count). The van der Waals surface area contributed by atoms with Gasteiger partial charge in [0.2, 0.25) is 10.0 Å². The van der Waals surface area contributed by atoms with Crippen LogP contribution in [0.25, 0.3) is 0 Å². The molecule has 0 radical (unpaired) electrons. The van der Waals surface area contributed by atoms with Crippen LogP contribution in [0.5, 0.6) is 5.75 Å². The molecule has 0 unspecified atom stereocenters. The molecule has 27 heavy (non-hydrogen) atoms. The van der Waals surface area contributed by atoms with Gasteiger partial charge in [-0.15, -0.1) is 0 Å². The van der Waals surface area contributed by atoms with Crippen LogP contribution in [-0.4, -0.2) is 32.7 Å². The van der Waals surface area contributed by atoms with Crippen molar-refractivity contribution in [3.05, 3.63) is 54.1 Å². The molecule has 0 fully saturated rings. The van der Waals surface area contributed by atoms with Crippen LogP contribution < -0.4 is 14.4 Å². The number of nitrogens with zero attached hydrogens (tertiary/aromatic N) is 1. The third-order valence-electron chi connectivity index (χ3n) is 4.57. The number of sulfonamides is 1. The van der Waals surface area contributed by atoms with Crippen LogP contribution in [0.15, 0.2) is 48.5 Å². The summed E-state index contributed by atoms with van der Waals surface area (Å²) in [7, 11) is -3.52. The molecule has 144 valence electrons. The Morgan fingerprint density at radius 3 is 2.56 bits per heavy atom. The second-order valence-electron chi connectivity index (χ2n) is 6.74. The Balaban J connectivity index is 1.89. The van der Waals surface area contributed by atoms with Crippen LogP contribution >= 0.6 is 0 Å². The van der Waals surface area contributed by atoms with E-state index in [1.54, 1.807) is 31.2 Å². The van der Waals surface area contributed by atoms with E-state index in [0.29, 0.717) is 17.1 Å². The highest BCUT2D eigenvalue weighted by Gasteiger charge is 2.36. The Kier molecular flexibility index (Phi) is 5.41. The van der Waals surface area contributed by atoms with Gasteiger partial charge in [0.1, 0.15) is 5.75 Å². The molecule has 1 aliphatic heterocycles. The lowest BCUT2D eigenvalue weighted by atomic mass is 10.0. The van der Waals surface area contributed by atoms with E-state index in [9.17, 15) is 13.2 Å². The van der Waals surface area contributed by atoms with Crippen LogP contribution in [-0.2, 0) is 14.8 Å². The van der Waals surface area contributed by atoms with Gasteiger partial charge in [0.25, 0.3) is 5.91 Å². The quantitative estimate of drug-likeness (QED) is 0.852. The van der Waals surface area contributed by atoms with Crippen LogP contribution in [0.1, 0.15) is 32.3 Å². The number of amides is 1. The van der Waals surface area contributed by atoms with Crippen molar-refractivity contribution in [2.75, 3.05) is 21.9 Å². The number of carbonyl (C=O) groups is 1. The molecule has 1 N–H and O–H groups in total. The number of carbonyl (C=O) groups excluding carboxylic acids is 1. The van der Waals surface area contributed by atoms with Crippen LogP contribution in [0.3, 0.4) is 0 Å². The first-order valence-electron chi connectivity index (χ1n) is 8.99. The zero-order valence-corrected chi connectivity index (χ0v) is 16.5. The van der Waals surface area contributed by atoms with Crippen molar-refractivity contribution in [3.63, 3.8) is 0 Å². The Morgan fingerprint density at radius 2 is 1.85 bits per heavy atom. The lowest BCUT2D eigenvalue weighted by molar-refractivity contribution is -0.122. The smallest absolute Gasteiger partial charge is 0.267 e. The van der Waals surface area contributed by atoms with Gasteiger partial charge < -0.3 is 10.1 Å². The van der Waals surface area contributed by atoms with Crippen molar-refractivity contribution >= 4 is 27.3 Å². The van der Waals surface area contributed by atoms with Gasteiger partial charge in [-0.25, -0.2) is 8.42 Å².